The van der Waals surface area contributed by atoms with Crippen molar-refractivity contribution in [3.63, 3.8) is 0 Å². The van der Waals surface area contributed by atoms with Crippen LogP contribution in [-0.4, -0.2) is 74.8 Å². The number of nitrogens with two attached hydrogens (primary N) is 1. The molecule has 0 saturated carbocycles. The minimum Gasteiger partial charge on any atom is -0.497 e. The maximum Gasteiger partial charge on any atom is 0.260 e. The molecule has 0 unspecified atom stereocenters. The molecule has 0 aliphatic carbocycles. The first-order chi connectivity index (χ1) is 25.9. The molecule has 4 aromatic rings. The van der Waals surface area contributed by atoms with Crippen molar-refractivity contribution < 1.29 is 28.5 Å². The number of nitrogen functional groups attached to an aromatic ring is 1. The Labute approximate surface area is 308 Å². The summed E-state index contributed by atoms with van der Waals surface area (Å²) in [6.07, 6.45) is 10.1. The lowest BCUT2D eigenvalue weighted by Crippen LogP contribution is -2.32. The van der Waals surface area contributed by atoms with Crippen LogP contribution < -0.4 is 29.4 Å². The number of fused-ring (bicyclic) bond motifs is 4. The van der Waals surface area contributed by atoms with Gasteiger partial charge < -0.3 is 39.2 Å². The van der Waals surface area contributed by atoms with E-state index >= 15 is 0 Å². The third-order valence-electron chi connectivity index (χ3n) is 10.0. The fourth-order valence-corrected chi connectivity index (χ4v) is 7.15. The smallest absolute Gasteiger partial charge is 0.260 e. The average molecular weight is 712 g/mol. The quantitative estimate of drug-likeness (QED) is 0.126. The van der Waals surface area contributed by atoms with E-state index in [1.807, 2.05) is 67.2 Å². The minimum absolute atomic E-state index is 0.136. The molecular weight excluding hydrogens is 670 g/mol. The van der Waals surface area contributed by atoms with Gasteiger partial charge in [0.25, 0.3) is 5.91 Å². The highest BCUT2D eigenvalue weighted by Crippen LogP contribution is 2.42. The van der Waals surface area contributed by atoms with Crippen LogP contribution >= 0.6 is 0 Å². The zero-order chi connectivity index (χ0) is 36.5. The number of hydrogen-bond acceptors (Lipinski definition) is 10. The molecule has 0 aromatic heterocycles. The van der Waals surface area contributed by atoms with E-state index in [2.05, 4.69) is 23.2 Å². The summed E-state index contributed by atoms with van der Waals surface area (Å²) in [4.78, 5) is 27.4. The first kappa shape index (κ1) is 33.9. The number of hydrogen-bond donors (Lipinski definition) is 1. The second kappa shape index (κ2) is 14.4. The minimum atomic E-state index is -0.183. The number of nitrogens with zero attached hydrogens (tertiary/aromatic N) is 4. The largest absolute Gasteiger partial charge is 0.497 e. The third kappa shape index (κ3) is 6.77. The predicted molar refractivity (Wildman–Crippen MR) is 206 cm³/mol. The highest BCUT2D eigenvalue weighted by Gasteiger charge is 2.34. The highest BCUT2D eigenvalue weighted by atomic mass is 16.5. The molecule has 4 heterocycles. The van der Waals surface area contributed by atoms with Gasteiger partial charge in [-0.15, -0.1) is 0 Å². The Morgan fingerprint density at radius 1 is 0.698 bits per heavy atom. The maximum absolute atomic E-state index is 13.7. The van der Waals surface area contributed by atoms with E-state index < -0.39 is 0 Å². The summed E-state index contributed by atoms with van der Waals surface area (Å²) in [5.74, 6) is 2.91. The molecule has 0 bridgehead atoms. The van der Waals surface area contributed by atoms with Gasteiger partial charge in [-0.3, -0.25) is 14.8 Å². The standard InChI is InChI=1S/C42H41N5O6/c1-49-34-11-7-27(8-12-34)29-16-33-22-45-37-20-41(39(51-3)18-35(37)42(48)47(33)25-29)53-14-4-13-52-40-19-36-30(17-38(40)50-2)24-46-23-28(15-32(46)21-44-36)26-5-9-31(43)10-6-26/h5-12,17-23,25,32-33H,4,13-16,24,43H2,1-3H3/t32-,33-/m0/s1. The summed E-state index contributed by atoms with van der Waals surface area (Å²) in [7, 11) is 4.85. The Bertz CT molecular complexity index is 2160. The predicted octanol–water partition coefficient (Wildman–Crippen LogP) is 7.45. The zero-order valence-electron chi connectivity index (χ0n) is 30.0. The Balaban J connectivity index is 0.896. The van der Waals surface area contributed by atoms with Gasteiger partial charge in [-0.1, -0.05) is 24.3 Å². The van der Waals surface area contributed by atoms with Crippen molar-refractivity contribution >= 4 is 46.5 Å². The lowest BCUT2D eigenvalue weighted by atomic mass is 10.0. The van der Waals surface area contributed by atoms with Crippen LogP contribution in [0.3, 0.4) is 0 Å². The van der Waals surface area contributed by atoms with Crippen molar-refractivity contribution in [3.05, 3.63) is 107 Å². The zero-order valence-corrected chi connectivity index (χ0v) is 30.0. The van der Waals surface area contributed by atoms with Gasteiger partial charge in [0.2, 0.25) is 0 Å². The van der Waals surface area contributed by atoms with Crippen LogP contribution in [0.2, 0.25) is 0 Å². The molecule has 53 heavy (non-hydrogen) atoms. The van der Waals surface area contributed by atoms with E-state index in [0.717, 1.165) is 40.2 Å². The van der Waals surface area contributed by atoms with E-state index in [1.54, 1.807) is 38.4 Å². The summed E-state index contributed by atoms with van der Waals surface area (Å²) >= 11 is 0. The van der Waals surface area contributed by atoms with Crippen molar-refractivity contribution in [2.45, 2.75) is 37.9 Å². The van der Waals surface area contributed by atoms with Crippen LogP contribution in [-0.2, 0) is 6.54 Å². The maximum atomic E-state index is 13.7. The van der Waals surface area contributed by atoms with Crippen LogP contribution in [0.5, 0.6) is 28.7 Å². The number of aliphatic imine (C=N–C) groups is 2. The third-order valence-corrected chi connectivity index (χ3v) is 10.0. The molecule has 270 valence electrons. The van der Waals surface area contributed by atoms with Crippen molar-refractivity contribution in [2.24, 2.45) is 9.98 Å². The van der Waals surface area contributed by atoms with Gasteiger partial charge in [0, 0.05) is 67.6 Å². The average Bonchev–Trinajstić information content (AvgIpc) is 3.73. The number of carbonyl (C=O) groups excluding carboxylic acids is 1. The van der Waals surface area contributed by atoms with Gasteiger partial charge in [-0.2, -0.15) is 0 Å². The molecular formula is C42H41N5O6. The summed E-state index contributed by atoms with van der Waals surface area (Å²) in [6, 6.07) is 23.3. The Morgan fingerprint density at radius 2 is 1.30 bits per heavy atom. The number of benzene rings is 4. The molecule has 0 radical (unpaired) electrons. The summed E-state index contributed by atoms with van der Waals surface area (Å²) in [5, 5.41) is 0. The van der Waals surface area contributed by atoms with Gasteiger partial charge in [0.05, 0.1) is 63.6 Å². The fraction of sp³-hybridized carbons (Fsp3) is 0.262. The Kier molecular flexibility index (Phi) is 9.22. The van der Waals surface area contributed by atoms with Crippen LogP contribution in [0, 0.1) is 0 Å². The molecule has 2 atom stereocenters. The van der Waals surface area contributed by atoms with E-state index in [9.17, 15) is 4.79 Å². The molecule has 2 N–H and O–H groups in total. The Hall–Kier alpha value is -6.23. The molecule has 11 nitrogen and oxygen atoms in total. The molecule has 11 heteroatoms. The lowest BCUT2D eigenvalue weighted by molar-refractivity contribution is 0.0817. The molecule has 4 aliphatic heterocycles. The molecule has 4 aromatic carbocycles. The van der Waals surface area contributed by atoms with Crippen molar-refractivity contribution in [1.29, 1.82) is 0 Å². The molecule has 1 amide bonds. The highest BCUT2D eigenvalue weighted by molar-refractivity contribution is 6.05. The van der Waals surface area contributed by atoms with Gasteiger partial charge in [-0.05, 0) is 65.1 Å². The summed E-state index contributed by atoms with van der Waals surface area (Å²) in [5.41, 5.74) is 14.1. The molecule has 8 rings (SSSR count). The summed E-state index contributed by atoms with van der Waals surface area (Å²) < 4.78 is 29.0. The van der Waals surface area contributed by atoms with Crippen molar-refractivity contribution in [1.82, 2.24) is 9.80 Å². The number of carbonyl (C=O) groups is 1. The summed E-state index contributed by atoms with van der Waals surface area (Å²) in [6.45, 7) is 1.46. The topological polar surface area (TPSA) is 120 Å². The van der Waals surface area contributed by atoms with Crippen LogP contribution in [0.4, 0.5) is 17.1 Å². The fourth-order valence-electron chi connectivity index (χ4n) is 7.15. The van der Waals surface area contributed by atoms with Crippen molar-refractivity contribution in [2.75, 3.05) is 40.3 Å². The Morgan fingerprint density at radius 3 is 2.00 bits per heavy atom. The number of rotatable bonds is 11. The second-order valence-electron chi connectivity index (χ2n) is 13.3. The number of anilines is 1. The molecule has 4 aliphatic rings. The number of ether oxygens (including phenoxy) is 5. The van der Waals surface area contributed by atoms with Crippen LogP contribution in [0.15, 0.2) is 95.2 Å². The van der Waals surface area contributed by atoms with Crippen molar-refractivity contribution in [3.8, 4) is 28.7 Å². The first-order valence-corrected chi connectivity index (χ1v) is 17.7. The van der Waals surface area contributed by atoms with E-state index in [0.29, 0.717) is 66.8 Å². The molecule has 0 spiro atoms. The van der Waals surface area contributed by atoms with Gasteiger partial charge >= 0.3 is 0 Å². The van der Waals surface area contributed by atoms with Gasteiger partial charge in [-0.25, -0.2) is 0 Å². The van der Waals surface area contributed by atoms with E-state index in [1.165, 1.54) is 11.1 Å². The first-order valence-electron chi connectivity index (χ1n) is 17.7. The lowest BCUT2D eigenvalue weighted by Gasteiger charge is -2.21. The molecule has 0 fully saturated rings. The molecule has 0 saturated heterocycles. The number of amides is 1. The van der Waals surface area contributed by atoms with Gasteiger partial charge in [0.15, 0.2) is 23.0 Å². The second-order valence-corrected chi connectivity index (χ2v) is 13.3. The van der Waals surface area contributed by atoms with Crippen LogP contribution in [0.1, 0.15) is 46.3 Å². The van der Waals surface area contributed by atoms with Crippen LogP contribution in [0.25, 0.3) is 11.1 Å². The normalized spacial score (nSPS) is 18.2. The monoisotopic (exact) mass is 711 g/mol. The number of methoxy groups -OCH3 is 3. The SMILES string of the molecule is COc1ccc(C2=CN3C(=O)c4cc(OC)c(OCCCOc5cc6c(cc5OC)CN5C=C(c7ccc(N)cc7)C[C@H]5C=N6)cc4N=C[C@@H]3C2)cc1. The van der Waals surface area contributed by atoms with E-state index in [4.69, 9.17) is 39.4 Å². The van der Waals surface area contributed by atoms with Gasteiger partial charge in [0.1, 0.15) is 5.75 Å². The van der Waals surface area contributed by atoms with E-state index in [-0.39, 0.29) is 18.0 Å².